The standard InChI is InChI=1S/C20H20F3N3OS/c1-11(2)18-25-14(10-28-18)9-26-16(13-6-4-5-12(3)7-13)8-15(20(21,22)23)17(24)19(26)27/h4-8,10-11H,9,24H2,1-3H3. The Kier molecular flexibility index (Phi) is 5.34. The van der Waals surface area contributed by atoms with Gasteiger partial charge in [-0.05, 0) is 24.6 Å². The van der Waals surface area contributed by atoms with E-state index >= 15 is 0 Å². The molecule has 0 aliphatic rings. The first-order chi connectivity index (χ1) is 13.1. The highest BCUT2D eigenvalue weighted by atomic mass is 32.1. The minimum Gasteiger partial charge on any atom is -0.394 e. The molecule has 0 atom stereocenters. The first kappa shape index (κ1) is 20.1. The smallest absolute Gasteiger partial charge is 0.394 e. The Labute approximate surface area is 164 Å². The number of nitrogens with two attached hydrogens (primary N) is 1. The predicted molar refractivity (Wildman–Crippen MR) is 106 cm³/mol. The lowest BCUT2D eigenvalue weighted by Crippen LogP contribution is -2.28. The van der Waals surface area contributed by atoms with E-state index in [-0.39, 0.29) is 18.2 Å². The molecule has 0 aliphatic heterocycles. The lowest BCUT2D eigenvalue weighted by Gasteiger charge is -2.18. The number of alkyl halides is 3. The highest BCUT2D eigenvalue weighted by Gasteiger charge is 2.35. The maximum Gasteiger partial charge on any atom is 0.418 e. The molecule has 3 aromatic rings. The van der Waals surface area contributed by atoms with Gasteiger partial charge in [-0.2, -0.15) is 13.2 Å². The van der Waals surface area contributed by atoms with E-state index in [0.717, 1.165) is 16.6 Å². The normalized spacial score (nSPS) is 12.0. The highest BCUT2D eigenvalue weighted by Crippen LogP contribution is 2.35. The van der Waals surface area contributed by atoms with Crippen molar-refractivity contribution in [1.82, 2.24) is 9.55 Å². The van der Waals surface area contributed by atoms with Crippen LogP contribution < -0.4 is 11.3 Å². The molecule has 0 bridgehead atoms. The van der Waals surface area contributed by atoms with Crippen molar-refractivity contribution in [3.63, 3.8) is 0 Å². The number of nitrogen functional groups attached to an aromatic ring is 1. The van der Waals surface area contributed by atoms with Gasteiger partial charge in [-0.25, -0.2) is 4.98 Å². The van der Waals surface area contributed by atoms with Crippen molar-refractivity contribution >= 4 is 17.0 Å². The van der Waals surface area contributed by atoms with Crippen molar-refractivity contribution in [1.29, 1.82) is 0 Å². The van der Waals surface area contributed by atoms with Gasteiger partial charge in [0, 0.05) is 11.3 Å². The van der Waals surface area contributed by atoms with Gasteiger partial charge in [0.25, 0.3) is 5.56 Å². The highest BCUT2D eigenvalue weighted by molar-refractivity contribution is 7.09. The zero-order chi connectivity index (χ0) is 20.6. The van der Waals surface area contributed by atoms with Crippen molar-refractivity contribution in [3.05, 3.63) is 67.9 Å². The number of benzene rings is 1. The number of rotatable bonds is 4. The van der Waals surface area contributed by atoms with Crippen molar-refractivity contribution in [3.8, 4) is 11.3 Å². The first-order valence-corrected chi connectivity index (χ1v) is 9.57. The van der Waals surface area contributed by atoms with Crippen LogP contribution in [0.1, 0.15) is 41.6 Å². The summed E-state index contributed by atoms with van der Waals surface area (Å²) in [6, 6.07) is 7.94. The molecule has 0 spiro atoms. The number of hydrogen-bond donors (Lipinski definition) is 1. The van der Waals surface area contributed by atoms with Gasteiger partial charge in [-0.15, -0.1) is 11.3 Å². The fraction of sp³-hybridized carbons (Fsp3) is 0.300. The van der Waals surface area contributed by atoms with Crippen molar-refractivity contribution in [2.24, 2.45) is 0 Å². The summed E-state index contributed by atoms with van der Waals surface area (Å²) in [5.74, 6) is 0.226. The van der Waals surface area contributed by atoms with Crippen molar-refractivity contribution in [2.75, 3.05) is 5.73 Å². The number of anilines is 1. The second kappa shape index (κ2) is 7.43. The minimum atomic E-state index is -4.72. The summed E-state index contributed by atoms with van der Waals surface area (Å²) in [7, 11) is 0. The average molecular weight is 407 g/mol. The van der Waals surface area contributed by atoms with Crippen LogP contribution in [0.15, 0.2) is 40.5 Å². The largest absolute Gasteiger partial charge is 0.418 e. The monoisotopic (exact) mass is 407 g/mol. The van der Waals surface area contributed by atoms with E-state index in [1.54, 1.807) is 18.2 Å². The van der Waals surface area contributed by atoms with E-state index in [1.165, 1.54) is 15.9 Å². The fourth-order valence-corrected chi connectivity index (χ4v) is 3.75. The van der Waals surface area contributed by atoms with Gasteiger partial charge in [-0.3, -0.25) is 4.79 Å². The molecule has 0 saturated heterocycles. The van der Waals surface area contributed by atoms with Crippen LogP contribution in [0.4, 0.5) is 18.9 Å². The number of thiazole rings is 1. The summed E-state index contributed by atoms with van der Waals surface area (Å²) < 4.78 is 41.5. The lowest BCUT2D eigenvalue weighted by atomic mass is 10.0. The Morgan fingerprint density at radius 3 is 2.54 bits per heavy atom. The molecule has 1 aromatic carbocycles. The third-order valence-corrected chi connectivity index (χ3v) is 5.53. The molecule has 0 unspecified atom stereocenters. The van der Waals surface area contributed by atoms with E-state index in [1.807, 2.05) is 32.2 Å². The molecule has 148 valence electrons. The van der Waals surface area contributed by atoms with Crippen LogP contribution in [0.3, 0.4) is 0 Å². The van der Waals surface area contributed by atoms with Crippen LogP contribution in [0.5, 0.6) is 0 Å². The number of aromatic nitrogens is 2. The summed E-state index contributed by atoms with van der Waals surface area (Å²) in [6.45, 7) is 5.89. The number of nitrogens with zero attached hydrogens (tertiary/aromatic N) is 2. The molecule has 0 aliphatic carbocycles. The Hall–Kier alpha value is -2.61. The molecular formula is C20H20F3N3OS. The number of aryl methyl sites for hydroxylation is 1. The number of hydrogen-bond acceptors (Lipinski definition) is 4. The molecule has 2 heterocycles. The molecule has 0 radical (unpaired) electrons. The molecule has 0 amide bonds. The topological polar surface area (TPSA) is 60.9 Å². The Morgan fingerprint density at radius 2 is 1.96 bits per heavy atom. The molecule has 4 nitrogen and oxygen atoms in total. The Morgan fingerprint density at radius 1 is 1.25 bits per heavy atom. The molecule has 8 heteroatoms. The van der Waals surface area contributed by atoms with Gasteiger partial charge in [0.05, 0.1) is 28.5 Å². The minimum absolute atomic E-state index is 0.0493. The van der Waals surface area contributed by atoms with Crippen LogP contribution in [0.2, 0.25) is 0 Å². The van der Waals surface area contributed by atoms with Crippen molar-refractivity contribution < 1.29 is 13.2 Å². The van der Waals surface area contributed by atoms with E-state index in [9.17, 15) is 18.0 Å². The van der Waals surface area contributed by atoms with E-state index < -0.39 is 23.0 Å². The number of pyridine rings is 1. The van der Waals surface area contributed by atoms with E-state index in [4.69, 9.17) is 5.73 Å². The van der Waals surface area contributed by atoms with Gasteiger partial charge >= 0.3 is 6.18 Å². The van der Waals surface area contributed by atoms with Gasteiger partial charge in [0.1, 0.15) is 5.69 Å². The number of halogens is 3. The second-order valence-electron chi connectivity index (χ2n) is 6.95. The predicted octanol–water partition coefficient (Wildman–Crippen LogP) is 5.05. The second-order valence-corrected chi connectivity index (χ2v) is 7.84. The lowest BCUT2D eigenvalue weighted by molar-refractivity contribution is -0.137. The van der Waals surface area contributed by atoms with Gasteiger partial charge in [0.15, 0.2) is 0 Å². The summed E-state index contributed by atoms with van der Waals surface area (Å²) >= 11 is 1.46. The summed E-state index contributed by atoms with van der Waals surface area (Å²) in [6.07, 6.45) is -4.72. The van der Waals surface area contributed by atoms with Crippen LogP contribution >= 0.6 is 11.3 Å². The molecular weight excluding hydrogens is 387 g/mol. The van der Waals surface area contributed by atoms with Gasteiger partial charge < -0.3 is 10.3 Å². The van der Waals surface area contributed by atoms with Gasteiger partial charge in [0.2, 0.25) is 0 Å². The Balaban J connectivity index is 2.22. The van der Waals surface area contributed by atoms with E-state index in [2.05, 4.69) is 4.98 Å². The third-order valence-electron chi connectivity index (χ3n) is 4.34. The SMILES string of the molecule is Cc1cccc(-c2cc(C(F)(F)F)c(N)c(=O)n2Cc2csc(C(C)C)n2)c1. The van der Waals surface area contributed by atoms with E-state index in [0.29, 0.717) is 11.3 Å². The zero-order valence-electron chi connectivity index (χ0n) is 15.7. The van der Waals surface area contributed by atoms with Crippen molar-refractivity contribution in [2.45, 2.75) is 39.4 Å². The fourth-order valence-electron chi connectivity index (χ4n) is 2.92. The molecule has 2 aromatic heterocycles. The zero-order valence-corrected chi connectivity index (χ0v) is 16.5. The first-order valence-electron chi connectivity index (χ1n) is 8.69. The molecule has 3 rings (SSSR count). The third kappa shape index (κ3) is 3.96. The summed E-state index contributed by atoms with van der Waals surface area (Å²) in [5, 5.41) is 2.72. The summed E-state index contributed by atoms with van der Waals surface area (Å²) in [5.41, 5.74) is 4.96. The van der Waals surface area contributed by atoms with Crippen LogP contribution in [-0.2, 0) is 12.7 Å². The van der Waals surface area contributed by atoms with Crippen LogP contribution in [0, 0.1) is 6.92 Å². The average Bonchev–Trinajstić information content (AvgIpc) is 3.07. The maximum atomic E-state index is 13.4. The molecule has 0 fully saturated rings. The summed E-state index contributed by atoms with van der Waals surface area (Å²) in [4.78, 5) is 17.3. The maximum absolute atomic E-state index is 13.4. The van der Waals surface area contributed by atoms with Crippen LogP contribution in [-0.4, -0.2) is 9.55 Å². The van der Waals surface area contributed by atoms with Crippen LogP contribution in [0.25, 0.3) is 11.3 Å². The molecule has 2 N–H and O–H groups in total. The molecule has 0 saturated carbocycles. The molecule has 28 heavy (non-hydrogen) atoms. The Bertz CT molecular complexity index is 1070. The van der Waals surface area contributed by atoms with Gasteiger partial charge in [-0.1, -0.05) is 37.6 Å². The quantitative estimate of drug-likeness (QED) is 0.658.